The summed E-state index contributed by atoms with van der Waals surface area (Å²) in [6, 6.07) is 6.33. The van der Waals surface area contributed by atoms with E-state index in [4.69, 9.17) is 0 Å². The van der Waals surface area contributed by atoms with Gasteiger partial charge in [0.05, 0.1) is 11.1 Å². The fraction of sp³-hybridized carbons (Fsp3) is 0.125. The zero-order chi connectivity index (χ0) is 17.7. The highest BCUT2D eigenvalue weighted by Gasteiger charge is 2.32. The van der Waals surface area contributed by atoms with E-state index in [9.17, 15) is 30.7 Å². The summed E-state index contributed by atoms with van der Waals surface area (Å²) in [5, 5.41) is 0.386. The lowest BCUT2D eigenvalue weighted by atomic mass is 10.1. The molecule has 3 rings (SSSR count). The summed E-state index contributed by atoms with van der Waals surface area (Å²) in [5.41, 5.74) is -1.97. The molecule has 0 spiro atoms. The third-order valence-corrected chi connectivity index (χ3v) is 3.54. The van der Waals surface area contributed by atoms with E-state index in [0.29, 0.717) is 17.5 Å². The van der Waals surface area contributed by atoms with Crippen molar-refractivity contribution in [2.75, 3.05) is 0 Å². The van der Waals surface area contributed by atoms with E-state index in [2.05, 4.69) is 4.98 Å². The molecule has 3 aromatic rings. The van der Waals surface area contributed by atoms with Crippen LogP contribution in [0.2, 0.25) is 0 Å². The third kappa shape index (κ3) is 2.95. The number of rotatable bonds is 1. The number of aromatic nitrogens is 1. The molecule has 0 fully saturated rings. The first-order valence-electron chi connectivity index (χ1n) is 6.63. The minimum atomic E-state index is -4.68. The van der Waals surface area contributed by atoms with Gasteiger partial charge in [0.25, 0.3) is 0 Å². The quantitative estimate of drug-likeness (QED) is 0.519. The van der Waals surface area contributed by atoms with Gasteiger partial charge in [-0.1, -0.05) is 6.07 Å². The van der Waals surface area contributed by atoms with Gasteiger partial charge in [0.15, 0.2) is 0 Å². The minimum absolute atomic E-state index is 0.0931. The summed E-state index contributed by atoms with van der Waals surface area (Å²) >= 11 is 0. The molecule has 1 N–H and O–H groups in total. The first kappa shape index (κ1) is 16.4. The van der Waals surface area contributed by atoms with Crippen molar-refractivity contribution in [2.24, 2.45) is 0 Å². The average Bonchev–Trinajstić information content (AvgIpc) is 2.87. The second-order valence-electron chi connectivity index (χ2n) is 5.18. The number of hydrogen-bond donors (Lipinski definition) is 1. The molecule has 0 saturated carbocycles. The molecule has 0 atom stereocenters. The lowest BCUT2D eigenvalue weighted by Gasteiger charge is -2.08. The summed E-state index contributed by atoms with van der Waals surface area (Å²) in [7, 11) is 0. The van der Waals surface area contributed by atoms with Crippen LogP contribution in [-0.4, -0.2) is 4.98 Å². The van der Waals surface area contributed by atoms with Crippen LogP contribution in [-0.2, 0) is 12.4 Å². The maximum Gasteiger partial charge on any atom is 0.416 e. The lowest BCUT2D eigenvalue weighted by Crippen LogP contribution is -2.05. The fourth-order valence-electron chi connectivity index (χ4n) is 2.36. The van der Waals surface area contributed by atoms with Gasteiger partial charge in [0.2, 0.25) is 0 Å². The number of fused-ring (bicyclic) bond motifs is 1. The van der Waals surface area contributed by atoms with Crippen molar-refractivity contribution < 1.29 is 30.7 Å². The van der Waals surface area contributed by atoms with E-state index < -0.39 is 29.3 Å². The predicted molar refractivity (Wildman–Crippen MR) is 73.7 cm³/mol. The molecule has 2 aromatic carbocycles. The van der Waals surface area contributed by atoms with E-state index in [-0.39, 0.29) is 16.8 Å². The Kier molecular flexibility index (Phi) is 3.58. The zero-order valence-corrected chi connectivity index (χ0v) is 11.7. The summed E-state index contributed by atoms with van der Waals surface area (Å²) in [4.78, 5) is 2.60. The first-order valence-corrected chi connectivity index (χ1v) is 6.63. The van der Waals surface area contributed by atoms with Gasteiger partial charge >= 0.3 is 12.4 Å². The fourth-order valence-corrected chi connectivity index (χ4v) is 2.36. The van der Waals surface area contributed by atoms with Crippen molar-refractivity contribution in [3.8, 4) is 11.3 Å². The van der Waals surface area contributed by atoms with Crippen molar-refractivity contribution in [2.45, 2.75) is 12.4 Å². The second-order valence-corrected chi connectivity index (χ2v) is 5.18. The Labute approximate surface area is 130 Å². The Balaban J connectivity index is 2.07. The Morgan fingerprint density at radius 2 is 1.29 bits per heavy atom. The van der Waals surface area contributed by atoms with Crippen molar-refractivity contribution in [1.29, 1.82) is 0 Å². The maximum atomic E-state index is 14.0. The molecule has 0 saturated heterocycles. The Hall–Kier alpha value is -2.51. The van der Waals surface area contributed by atoms with Gasteiger partial charge < -0.3 is 4.98 Å². The monoisotopic (exact) mass is 347 g/mol. The minimum Gasteiger partial charge on any atom is -0.354 e. The van der Waals surface area contributed by atoms with Crippen LogP contribution in [0.4, 0.5) is 30.7 Å². The molecule has 0 unspecified atom stereocenters. The summed E-state index contributed by atoms with van der Waals surface area (Å²) in [6.07, 6.45) is -9.21. The molecule has 126 valence electrons. The summed E-state index contributed by atoms with van der Waals surface area (Å²) < 4.78 is 89.7. The van der Waals surface area contributed by atoms with E-state index in [1.54, 1.807) is 0 Å². The molecule has 0 aliphatic rings. The molecule has 1 aromatic heterocycles. The molecule has 0 bridgehead atoms. The van der Waals surface area contributed by atoms with Gasteiger partial charge in [-0.25, -0.2) is 4.39 Å². The molecule has 0 radical (unpaired) electrons. The molecular formula is C16H8F7N. The highest BCUT2D eigenvalue weighted by atomic mass is 19.4. The Morgan fingerprint density at radius 3 is 1.88 bits per heavy atom. The van der Waals surface area contributed by atoms with E-state index >= 15 is 0 Å². The van der Waals surface area contributed by atoms with Gasteiger partial charge in [-0.15, -0.1) is 0 Å². The highest BCUT2D eigenvalue weighted by molar-refractivity contribution is 5.86. The number of halogens is 7. The number of benzene rings is 2. The van der Waals surface area contributed by atoms with Gasteiger partial charge in [-0.2, -0.15) is 26.3 Å². The predicted octanol–water partition coefficient (Wildman–Crippen LogP) is 6.01. The average molecular weight is 347 g/mol. The SMILES string of the molecule is Fc1cc(C(F)(F)F)ccc1-c1cc2ccc(C(F)(F)F)cc2[nH]1. The smallest absolute Gasteiger partial charge is 0.354 e. The van der Waals surface area contributed by atoms with Crippen molar-refractivity contribution >= 4 is 10.9 Å². The number of alkyl halides is 6. The molecule has 1 heterocycles. The van der Waals surface area contributed by atoms with Crippen LogP contribution in [0.3, 0.4) is 0 Å². The van der Waals surface area contributed by atoms with Gasteiger partial charge in [-0.3, -0.25) is 0 Å². The van der Waals surface area contributed by atoms with Crippen LogP contribution in [0.5, 0.6) is 0 Å². The van der Waals surface area contributed by atoms with Crippen molar-refractivity contribution in [3.63, 3.8) is 0 Å². The zero-order valence-electron chi connectivity index (χ0n) is 11.7. The number of H-pyrrole nitrogens is 1. The molecule has 0 aliphatic heterocycles. The van der Waals surface area contributed by atoms with E-state index in [0.717, 1.165) is 18.2 Å². The number of hydrogen-bond acceptors (Lipinski definition) is 0. The largest absolute Gasteiger partial charge is 0.416 e. The Morgan fingerprint density at radius 1 is 0.708 bits per heavy atom. The standard InChI is InChI=1S/C16H8F7N/c17-12-6-9(15(18,19)20)3-4-11(12)14-5-8-1-2-10(16(21,22)23)7-13(8)24-14/h1-7,24H. The van der Waals surface area contributed by atoms with Gasteiger partial charge in [0.1, 0.15) is 5.82 Å². The van der Waals surface area contributed by atoms with Crippen LogP contribution in [0, 0.1) is 5.82 Å². The normalized spacial score (nSPS) is 12.8. The number of nitrogens with one attached hydrogen (secondary N) is 1. The van der Waals surface area contributed by atoms with Crippen LogP contribution in [0.25, 0.3) is 22.2 Å². The summed E-state index contributed by atoms with van der Waals surface area (Å²) in [6.45, 7) is 0. The lowest BCUT2D eigenvalue weighted by molar-refractivity contribution is -0.138. The van der Waals surface area contributed by atoms with Crippen LogP contribution in [0.15, 0.2) is 42.5 Å². The van der Waals surface area contributed by atoms with E-state index in [1.165, 1.54) is 12.1 Å². The highest BCUT2D eigenvalue weighted by Crippen LogP contribution is 2.35. The molecule has 24 heavy (non-hydrogen) atoms. The van der Waals surface area contributed by atoms with Gasteiger partial charge in [-0.05, 0) is 36.4 Å². The van der Waals surface area contributed by atoms with E-state index in [1.807, 2.05) is 0 Å². The van der Waals surface area contributed by atoms with Crippen LogP contribution >= 0.6 is 0 Å². The van der Waals surface area contributed by atoms with Crippen LogP contribution in [0.1, 0.15) is 11.1 Å². The third-order valence-electron chi connectivity index (χ3n) is 3.54. The maximum absolute atomic E-state index is 14.0. The second kappa shape index (κ2) is 5.25. The van der Waals surface area contributed by atoms with Gasteiger partial charge in [0, 0.05) is 22.2 Å². The molecular weight excluding hydrogens is 339 g/mol. The van der Waals surface area contributed by atoms with Crippen LogP contribution < -0.4 is 0 Å². The number of aromatic amines is 1. The Bertz CT molecular complexity index is 903. The topological polar surface area (TPSA) is 15.8 Å². The molecule has 0 aliphatic carbocycles. The first-order chi connectivity index (χ1) is 11.1. The molecule has 1 nitrogen and oxygen atoms in total. The molecule has 0 amide bonds. The summed E-state index contributed by atoms with van der Waals surface area (Å²) in [5.74, 6) is -1.12. The van der Waals surface area contributed by atoms with Crippen molar-refractivity contribution in [3.05, 3.63) is 59.4 Å². The molecule has 8 heteroatoms. The van der Waals surface area contributed by atoms with Crippen molar-refractivity contribution in [1.82, 2.24) is 4.98 Å².